The highest BCUT2D eigenvalue weighted by atomic mass is 16.1. The van der Waals surface area contributed by atoms with Crippen LogP contribution in [0.25, 0.3) is 44.6 Å². The molecular formula is C20H15N7O. The van der Waals surface area contributed by atoms with E-state index >= 15 is 0 Å². The van der Waals surface area contributed by atoms with Gasteiger partial charge in [0.15, 0.2) is 5.82 Å². The van der Waals surface area contributed by atoms with Crippen LogP contribution in [0, 0.1) is 0 Å². The van der Waals surface area contributed by atoms with E-state index in [4.69, 9.17) is 0 Å². The number of imidazole rings is 1. The Morgan fingerprint density at radius 3 is 2.79 bits per heavy atom. The molecule has 0 atom stereocenters. The van der Waals surface area contributed by atoms with Crippen LogP contribution in [0.5, 0.6) is 0 Å². The number of hydrogen-bond donors (Lipinski definition) is 3. The van der Waals surface area contributed by atoms with Crippen molar-refractivity contribution >= 4 is 33.5 Å². The second-order valence-corrected chi connectivity index (χ2v) is 6.45. The third kappa shape index (κ3) is 2.77. The van der Waals surface area contributed by atoms with Crippen molar-refractivity contribution in [3.8, 4) is 22.6 Å². The molecule has 0 fully saturated rings. The number of aromatic nitrogens is 6. The number of hydrogen-bond acceptors (Lipinski definition) is 5. The Morgan fingerprint density at radius 2 is 1.93 bits per heavy atom. The predicted octanol–water partition coefficient (Wildman–Crippen LogP) is 3.52. The topological polar surface area (TPSA) is 112 Å². The summed E-state index contributed by atoms with van der Waals surface area (Å²) in [7, 11) is 0. The summed E-state index contributed by atoms with van der Waals surface area (Å²) in [6.45, 7) is 1.47. The molecule has 5 rings (SSSR count). The Balaban J connectivity index is 1.61. The van der Waals surface area contributed by atoms with Crippen molar-refractivity contribution in [3.05, 3.63) is 55.1 Å². The Labute approximate surface area is 159 Å². The molecular weight excluding hydrogens is 354 g/mol. The normalized spacial score (nSPS) is 11.2. The highest BCUT2D eigenvalue weighted by Gasteiger charge is 2.14. The monoisotopic (exact) mass is 369 g/mol. The zero-order valence-electron chi connectivity index (χ0n) is 14.9. The molecule has 0 saturated carbocycles. The second-order valence-electron chi connectivity index (χ2n) is 6.45. The van der Waals surface area contributed by atoms with Crippen LogP contribution < -0.4 is 5.32 Å². The molecule has 0 saturated heterocycles. The maximum Gasteiger partial charge on any atom is 0.221 e. The fourth-order valence-corrected chi connectivity index (χ4v) is 3.21. The van der Waals surface area contributed by atoms with Crippen LogP contribution in [0.15, 0.2) is 55.1 Å². The minimum Gasteiger partial charge on any atom is -0.335 e. The maximum absolute atomic E-state index is 11.3. The lowest BCUT2D eigenvalue weighted by Crippen LogP contribution is -2.05. The van der Waals surface area contributed by atoms with Crippen LogP contribution in [-0.2, 0) is 4.79 Å². The number of carbonyl (C=O) groups excluding carboxylic acids is 1. The molecule has 0 aliphatic rings. The van der Waals surface area contributed by atoms with E-state index in [-0.39, 0.29) is 5.91 Å². The van der Waals surface area contributed by atoms with Gasteiger partial charge in [-0.25, -0.2) is 4.98 Å². The summed E-state index contributed by atoms with van der Waals surface area (Å²) in [4.78, 5) is 27.5. The van der Waals surface area contributed by atoms with Crippen molar-refractivity contribution in [2.45, 2.75) is 6.92 Å². The van der Waals surface area contributed by atoms with Gasteiger partial charge in [0.25, 0.3) is 0 Å². The number of anilines is 1. The fourth-order valence-electron chi connectivity index (χ4n) is 3.21. The molecule has 8 nitrogen and oxygen atoms in total. The van der Waals surface area contributed by atoms with Crippen molar-refractivity contribution in [1.29, 1.82) is 0 Å². The molecule has 5 aromatic rings. The minimum absolute atomic E-state index is 0.133. The first kappa shape index (κ1) is 16.1. The number of benzene rings is 1. The number of carbonyl (C=O) groups is 1. The Bertz CT molecular complexity index is 1300. The molecule has 4 aromatic heterocycles. The molecule has 0 bridgehead atoms. The van der Waals surface area contributed by atoms with Crippen molar-refractivity contribution in [2.75, 3.05) is 5.32 Å². The van der Waals surface area contributed by atoms with E-state index in [0.717, 1.165) is 38.8 Å². The molecule has 28 heavy (non-hydrogen) atoms. The first-order chi connectivity index (χ1) is 13.7. The summed E-state index contributed by atoms with van der Waals surface area (Å²) in [6, 6.07) is 9.74. The number of nitrogens with one attached hydrogen (secondary N) is 3. The minimum atomic E-state index is -0.133. The van der Waals surface area contributed by atoms with Gasteiger partial charge in [-0.15, -0.1) is 0 Å². The van der Waals surface area contributed by atoms with Crippen LogP contribution in [0.3, 0.4) is 0 Å². The molecule has 1 aromatic carbocycles. The average Bonchev–Trinajstić information content (AvgIpc) is 3.30. The number of H-pyrrole nitrogens is 2. The molecule has 1 amide bonds. The van der Waals surface area contributed by atoms with Gasteiger partial charge in [0.2, 0.25) is 5.91 Å². The second kappa shape index (κ2) is 6.27. The van der Waals surface area contributed by atoms with E-state index < -0.39 is 0 Å². The Hall–Kier alpha value is -4.07. The Morgan fingerprint density at radius 1 is 1.00 bits per heavy atom. The highest BCUT2D eigenvalue weighted by Crippen LogP contribution is 2.30. The van der Waals surface area contributed by atoms with E-state index in [1.165, 1.54) is 6.92 Å². The van der Waals surface area contributed by atoms with Crippen LogP contribution >= 0.6 is 0 Å². The van der Waals surface area contributed by atoms with E-state index in [1.54, 1.807) is 24.8 Å². The predicted molar refractivity (Wildman–Crippen MR) is 107 cm³/mol. The van der Waals surface area contributed by atoms with Crippen LogP contribution in [0.2, 0.25) is 0 Å². The zero-order chi connectivity index (χ0) is 19.1. The van der Waals surface area contributed by atoms with Crippen LogP contribution in [0.1, 0.15) is 6.92 Å². The lowest BCUT2D eigenvalue weighted by molar-refractivity contribution is -0.114. The number of amides is 1. The zero-order valence-corrected chi connectivity index (χ0v) is 14.9. The van der Waals surface area contributed by atoms with Gasteiger partial charge in [-0.2, -0.15) is 5.10 Å². The quantitative estimate of drug-likeness (QED) is 0.450. The van der Waals surface area contributed by atoms with Crippen LogP contribution in [0.4, 0.5) is 5.69 Å². The molecule has 0 aliphatic carbocycles. The van der Waals surface area contributed by atoms with Gasteiger partial charge in [-0.3, -0.25) is 19.9 Å². The van der Waals surface area contributed by atoms with Gasteiger partial charge in [0.1, 0.15) is 5.69 Å². The molecule has 8 heteroatoms. The number of pyridine rings is 2. The van der Waals surface area contributed by atoms with Gasteiger partial charge in [0.05, 0.1) is 34.6 Å². The largest absolute Gasteiger partial charge is 0.335 e. The SMILES string of the molecule is CC(=O)Nc1cncc(-c2ccc3[nH]nc(-c4nc5ccncc5[nH]4)c3c2)c1. The summed E-state index contributed by atoms with van der Waals surface area (Å²) < 4.78 is 0. The first-order valence-corrected chi connectivity index (χ1v) is 8.68. The summed E-state index contributed by atoms with van der Waals surface area (Å²) in [5, 5.41) is 11.2. The molecule has 0 radical (unpaired) electrons. The summed E-state index contributed by atoms with van der Waals surface area (Å²) in [5.74, 6) is 0.544. The molecule has 4 heterocycles. The third-order valence-corrected chi connectivity index (χ3v) is 4.46. The van der Waals surface area contributed by atoms with Gasteiger partial charge in [-0.1, -0.05) is 6.07 Å². The molecule has 3 N–H and O–H groups in total. The first-order valence-electron chi connectivity index (χ1n) is 8.68. The Kier molecular flexibility index (Phi) is 3.61. The number of aromatic amines is 2. The lowest BCUT2D eigenvalue weighted by Gasteiger charge is -2.06. The van der Waals surface area contributed by atoms with Crippen molar-refractivity contribution < 1.29 is 4.79 Å². The van der Waals surface area contributed by atoms with Gasteiger partial charge < -0.3 is 10.3 Å². The van der Waals surface area contributed by atoms with Gasteiger partial charge >= 0.3 is 0 Å². The van der Waals surface area contributed by atoms with Gasteiger partial charge in [0, 0.05) is 30.3 Å². The standard InChI is InChI=1S/C20H15N7O/c1-11(28)23-14-6-13(8-22-9-14)12-2-3-16-15(7-12)19(27-26-16)20-24-17-4-5-21-10-18(17)25-20/h2-10H,1H3,(H,23,28)(H,24,25)(H,26,27). The molecule has 0 aliphatic heterocycles. The van der Waals surface area contributed by atoms with Crippen molar-refractivity contribution in [2.24, 2.45) is 0 Å². The van der Waals surface area contributed by atoms with Crippen molar-refractivity contribution in [1.82, 2.24) is 30.1 Å². The van der Waals surface area contributed by atoms with E-state index in [1.807, 2.05) is 30.3 Å². The maximum atomic E-state index is 11.3. The summed E-state index contributed by atoms with van der Waals surface area (Å²) in [6.07, 6.45) is 6.84. The van der Waals surface area contributed by atoms with Gasteiger partial charge in [-0.05, 0) is 29.8 Å². The summed E-state index contributed by atoms with van der Waals surface area (Å²) in [5.41, 5.74) is 5.85. The smallest absolute Gasteiger partial charge is 0.221 e. The van der Waals surface area contributed by atoms with Crippen LogP contribution in [-0.4, -0.2) is 36.0 Å². The third-order valence-electron chi connectivity index (χ3n) is 4.46. The van der Waals surface area contributed by atoms with E-state index in [0.29, 0.717) is 11.5 Å². The average molecular weight is 369 g/mol. The van der Waals surface area contributed by atoms with E-state index in [9.17, 15) is 4.79 Å². The molecule has 136 valence electrons. The molecule has 0 unspecified atom stereocenters. The van der Waals surface area contributed by atoms with E-state index in [2.05, 4.69) is 35.5 Å². The number of fused-ring (bicyclic) bond motifs is 2. The summed E-state index contributed by atoms with van der Waals surface area (Å²) >= 11 is 0. The highest BCUT2D eigenvalue weighted by molar-refractivity contribution is 5.96. The molecule has 0 spiro atoms. The fraction of sp³-hybridized carbons (Fsp3) is 0.0500. The number of rotatable bonds is 3. The van der Waals surface area contributed by atoms with Crippen molar-refractivity contribution in [3.63, 3.8) is 0 Å². The number of nitrogens with zero attached hydrogens (tertiary/aromatic N) is 4. The lowest BCUT2D eigenvalue weighted by atomic mass is 10.0.